The smallest absolute Gasteiger partial charge is 0.162 e. The average Bonchev–Trinajstić information content (AvgIpc) is 2.51. The van der Waals surface area contributed by atoms with Crippen LogP contribution in [0.2, 0.25) is 0 Å². The van der Waals surface area contributed by atoms with Crippen LogP contribution in [0.1, 0.15) is 6.42 Å². The summed E-state index contributed by atoms with van der Waals surface area (Å²) in [7, 11) is 3.80. The summed E-state index contributed by atoms with van der Waals surface area (Å²) in [6, 6.07) is 0. The van der Waals surface area contributed by atoms with Gasteiger partial charge in [-0.25, -0.2) is 0 Å². The number of hydrogen-bond acceptors (Lipinski definition) is 3. The molecule has 68 valence electrons. The molecular weight excluding hydrogens is 154 g/mol. The molecule has 0 aliphatic carbocycles. The van der Waals surface area contributed by atoms with Crippen molar-refractivity contribution in [1.82, 2.24) is 4.90 Å². The van der Waals surface area contributed by atoms with Gasteiger partial charge in [0.15, 0.2) is 5.78 Å². The second kappa shape index (κ2) is 4.26. The summed E-state index contributed by atoms with van der Waals surface area (Å²) in [5, 5.41) is 0. The second-order valence-corrected chi connectivity index (χ2v) is 3.24. The van der Waals surface area contributed by atoms with Gasteiger partial charge in [-0.05, 0) is 12.5 Å². The number of carbonyl (C=O) groups excluding carboxylic acids is 1. The SMILES string of the molecule is CN(C)C=CC(=O)C1CCOC1. The summed E-state index contributed by atoms with van der Waals surface area (Å²) in [5.41, 5.74) is 0. The van der Waals surface area contributed by atoms with Crippen molar-refractivity contribution in [1.29, 1.82) is 0 Å². The van der Waals surface area contributed by atoms with E-state index in [0.29, 0.717) is 6.61 Å². The van der Waals surface area contributed by atoms with E-state index >= 15 is 0 Å². The molecule has 1 atom stereocenters. The second-order valence-electron chi connectivity index (χ2n) is 3.24. The highest BCUT2D eigenvalue weighted by Gasteiger charge is 2.20. The van der Waals surface area contributed by atoms with Crippen LogP contribution >= 0.6 is 0 Å². The van der Waals surface area contributed by atoms with Crippen molar-refractivity contribution in [2.75, 3.05) is 27.3 Å². The quantitative estimate of drug-likeness (QED) is 0.581. The predicted octanol–water partition coefficient (Wildman–Crippen LogP) is 0.667. The molecule has 0 aromatic heterocycles. The van der Waals surface area contributed by atoms with Crippen molar-refractivity contribution in [2.45, 2.75) is 6.42 Å². The lowest BCUT2D eigenvalue weighted by atomic mass is 10.0. The minimum Gasteiger partial charge on any atom is -0.383 e. The molecule has 3 nitrogen and oxygen atoms in total. The lowest BCUT2D eigenvalue weighted by molar-refractivity contribution is -0.118. The molecule has 0 aromatic rings. The molecular formula is C9H15NO2. The van der Waals surface area contributed by atoms with Gasteiger partial charge in [-0.2, -0.15) is 0 Å². The highest BCUT2D eigenvalue weighted by Crippen LogP contribution is 2.13. The van der Waals surface area contributed by atoms with Crippen molar-refractivity contribution >= 4 is 5.78 Å². The average molecular weight is 169 g/mol. The van der Waals surface area contributed by atoms with E-state index in [-0.39, 0.29) is 11.7 Å². The maximum atomic E-state index is 11.4. The van der Waals surface area contributed by atoms with Crippen molar-refractivity contribution in [3.63, 3.8) is 0 Å². The van der Waals surface area contributed by atoms with Crippen LogP contribution in [0, 0.1) is 5.92 Å². The number of carbonyl (C=O) groups is 1. The summed E-state index contributed by atoms with van der Waals surface area (Å²) in [4.78, 5) is 13.2. The molecule has 1 unspecified atom stereocenters. The first-order valence-electron chi connectivity index (χ1n) is 4.16. The lowest BCUT2D eigenvalue weighted by Crippen LogP contribution is -2.12. The molecule has 3 heteroatoms. The van der Waals surface area contributed by atoms with Crippen molar-refractivity contribution in [3.05, 3.63) is 12.3 Å². The zero-order valence-electron chi connectivity index (χ0n) is 7.62. The first kappa shape index (κ1) is 9.26. The zero-order chi connectivity index (χ0) is 8.97. The van der Waals surface area contributed by atoms with E-state index in [4.69, 9.17) is 4.74 Å². The van der Waals surface area contributed by atoms with Crippen LogP contribution in [0.25, 0.3) is 0 Å². The summed E-state index contributed by atoms with van der Waals surface area (Å²) in [6.07, 6.45) is 4.27. The highest BCUT2D eigenvalue weighted by molar-refractivity contribution is 5.91. The molecule has 1 saturated heterocycles. The Balaban J connectivity index is 2.36. The number of hydrogen-bond donors (Lipinski definition) is 0. The third-order valence-electron chi connectivity index (χ3n) is 1.87. The van der Waals surface area contributed by atoms with E-state index in [1.54, 1.807) is 12.3 Å². The molecule has 1 fully saturated rings. The summed E-state index contributed by atoms with van der Waals surface area (Å²) < 4.78 is 5.12. The Kier molecular flexibility index (Phi) is 3.29. The van der Waals surface area contributed by atoms with Gasteiger partial charge >= 0.3 is 0 Å². The summed E-state index contributed by atoms with van der Waals surface area (Å²) >= 11 is 0. The van der Waals surface area contributed by atoms with Gasteiger partial charge in [-0.3, -0.25) is 4.79 Å². The molecule has 1 aliphatic heterocycles. The van der Waals surface area contributed by atoms with Gasteiger partial charge in [0, 0.05) is 32.8 Å². The standard InChI is InChI=1S/C9H15NO2/c1-10(2)5-3-9(11)8-4-6-12-7-8/h3,5,8H,4,6-7H2,1-2H3. The first-order valence-corrected chi connectivity index (χ1v) is 4.16. The third kappa shape index (κ3) is 2.66. The Bertz CT molecular complexity index is 181. The van der Waals surface area contributed by atoms with E-state index in [0.717, 1.165) is 13.0 Å². The van der Waals surface area contributed by atoms with Crippen LogP contribution in [0.4, 0.5) is 0 Å². The molecule has 1 aliphatic rings. The fraction of sp³-hybridized carbons (Fsp3) is 0.667. The van der Waals surface area contributed by atoms with Crippen molar-refractivity contribution in [3.8, 4) is 0 Å². The van der Waals surface area contributed by atoms with Crippen LogP contribution < -0.4 is 0 Å². The maximum absolute atomic E-state index is 11.4. The van der Waals surface area contributed by atoms with Crippen LogP contribution in [-0.2, 0) is 9.53 Å². The normalized spacial score (nSPS) is 23.3. The van der Waals surface area contributed by atoms with Crippen LogP contribution in [0.3, 0.4) is 0 Å². The van der Waals surface area contributed by atoms with Crippen LogP contribution in [0.5, 0.6) is 0 Å². The Labute approximate surface area is 73.0 Å². The summed E-state index contributed by atoms with van der Waals surface area (Å²) in [5.74, 6) is 0.280. The summed E-state index contributed by atoms with van der Waals surface area (Å²) in [6.45, 7) is 1.32. The van der Waals surface area contributed by atoms with Gasteiger partial charge in [-0.15, -0.1) is 0 Å². The molecule has 0 saturated carbocycles. The first-order chi connectivity index (χ1) is 5.70. The van der Waals surface area contributed by atoms with Crippen molar-refractivity contribution < 1.29 is 9.53 Å². The molecule has 0 radical (unpaired) electrons. The van der Waals surface area contributed by atoms with E-state index in [1.165, 1.54) is 0 Å². The fourth-order valence-corrected chi connectivity index (χ4v) is 1.12. The van der Waals surface area contributed by atoms with Gasteiger partial charge in [0.2, 0.25) is 0 Å². The number of ether oxygens (including phenoxy) is 1. The van der Waals surface area contributed by atoms with E-state index in [2.05, 4.69) is 0 Å². The van der Waals surface area contributed by atoms with E-state index < -0.39 is 0 Å². The molecule has 1 heterocycles. The topological polar surface area (TPSA) is 29.5 Å². The number of allylic oxidation sites excluding steroid dienone is 1. The van der Waals surface area contributed by atoms with Gasteiger partial charge in [0.05, 0.1) is 6.61 Å². The Morgan fingerprint density at radius 2 is 2.33 bits per heavy atom. The van der Waals surface area contributed by atoms with E-state index in [1.807, 2.05) is 19.0 Å². The monoisotopic (exact) mass is 169 g/mol. The Hall–Kier alpha value is -0.830. The largest absolute Gasteiger partial charge is 0.383 e. The molecule has 0 bridgehead atoms. The highest BCUT2D eigenvalue weighted by atomic mass is 16.5. The number of rotatable bonds is 3. The predicted molar refractivity (Wildman–Crippen MR) is 46.8 cm³/mol. The maximum Gasteiger partial charge on any atom is 0.162 e. The number of ketones is 1. The molecule has 1 rings (SSSR count). The minimum atomic E-state index is 0.0983. The third-order valence-corrected chi connectivity index (χ3v) is 1.87. The molecule has 0 aromatic carbocycles. The Morgan fingerprint density at radius 1 is 1.58 bits per heavy atom. The fourth-order valence-electron chi connectivity index (χ4n) is 1.12. The molecule has 0 amide bonds. The van der Waals surface area contributed by atoms with Crippen LogP contribution in [0.15, 0.2) is 12.3 Å². The van der Waals surface area contributed by atoms with Crippen molar-refractivity contribution in [2.24, 2.45) is 5.92 Å². The van der Waals surface area contributed by atoms with E-state index in [9.17, 15) is 4.79 Å². The van der Waals surface area contributed by atoms with Gasteiger partial charge in [0.25, 0.3) is 0 Å². The van der Waals surface area contributed by atoms with Gasteiger partial charge < -0.3 is 9.64 Å². The van der Waals surface area contributed by atoms with Gasteiger partial charge in [0.1, 0.15) is 0 Å². The van der Waals surface area contributed by atoms with Crippen LogP contribution in [-0.4, -0.2) is 38.0 Å². The molecule has 0 N–H and O–H groups in total. The molecule has 12 heavy (non-hydrogen) atoms. The molecule has 0 spiro atoms. The Morgan fingerprint density at radius 3 is 2.83 bits per heavy atom. The number of nitrogens with zero attached hydrogens (tertiary/aromatic N) is 1. The zero-order valence-corrected chi connectivity index (χ0v) is 7.62. The van der Waals surface area contributed by atoms with Gasteiger partial charge in [-0.1, -0.05) is 0 Å². The minimum absolute atomic E-state index is 0.0983. The lowest BCUT2D eigenvalue weighted by Gasteiger charge is -2.04.